The van der Waals surface area contributed by atoms with Crippen molar-refractivity contribution in [2.75, 3.05) is 11.5 Å². The van der Waals surface area contributed by atoms with Crippen molar-refractivity contribution < 1.29 is 14.3 Å². The average Bonchev–Trinajstić information content (AvgIpc) is 2.12. The van der Waals surface area contributed by atoms with Crippen LogP contribution >= 0.6 is 11.8 Å². The van der Waals surface area contributed by atoms with E-state index in [0.29, 0.717) is 16.3 Å². The topological polar surface area (TPSA) is 63.3 Å². The largest absolute Gasteiger partial charge is 0.481 e. The molecule has 15 heavy (non-hydrogen) atoms. The average molecular weight is 229 g/mol. The molecule has 0 amide bonds. The lowest BCUT2D eigenvalue weighted by molar-refractivity contribution is -0.140. The Hall–Kier alpha value is -1.23. The smallest absolute Gasteiger partial charge is 0.307 e. The van der Waals surface area contributed by atoms with Gasteiger partial charge in [0, 0.05) is 16.3 Å². The highest BCUT2D eigenvalue weighted by Crippen LogP contribution is 2.24. The number of halogens is 1. The van der Waals surface area contributed by atoms with E-state index >= 15 is 0 Å². The predicted octanol–water partition coefficient (Wildman–Crippen LogP) is 2.22. The van der Waals surface area contributed by atoms with Gasteiger partial charge in [-0.25, -0.2) is 4.39 Å². The molecule has 0 fully saturated rings. The first kappa shape index (κ1) is 11.8. The van der Waals surface area contributed by atoms with Gasteiger partial charge in [-0.3, -0.25) is 4.79 Å². The summed E-state index contributed by atoms with van der Waals surface area (Å²) in [5.41, 5.74) is 5.80. The number of hydrogen-bond donors (Lipinski definition) is 2. The molecule has 82 valence electrons. The van der Waals surface area contributed by atoms with Crippen molar-refractivity contribution in [3.8, 4) is 0 Å². The molecule has 0 aliphatic heterocycles. The van der Waals surface area contributed by atoms with Crippen molar-refractivity contribution >= 4 is 23.4 Å². The van der Waals surface area contributed by atoms with E-state index in [1.165, 1.54) is 23.9 Å². The Labute approximate surface area is 91.5 Å². The maximum absolute atomic E-state index is 12.9. The third kappa shape index (κ3) is 3.79. The summed E-state index contributed by atoms with van der Waals surface area (Å²) in [6.07, 6.45) is 0. The van der Waals surface area contributed by atoms with E-state index < -0.39 is 17.7 Å². The molecule has 0 spiro atoms. The lowest BCUT2D eigenvalue weighted by atomic mass is 10.2. The molecule has 0 aliphatic carbocycles. The number of aliphatic carboxylic acids is 1. The molecular weight excluding hydrogens is 217 g/mol. The van der Waals surface area contributed by atoms with E-state index in [4.69, 9.17) is 10.8 Å². The molecule has 0 radical (unpaired) electrons. The number of nitrogen functional groups attached to an aromatic ring is 1. The molecule has 5 heteroatoms. The number of carboxylic acids is 1. The van der Waals surface area contributed by atoms with Gasteiger partial charge >= 0.3 is 5.97 Å². The summed E-state index contributed by atoms with van der Waals surface area (Å²) < 4.78 is 12.9. The highest BCUT2D eigenvalue weighted by Gasteiger charge is 2.11. The Morgan fingerprint density at radius 2 is 2.27 bits per heavy atom. The number of nitrogens with two attached hydrogens (primary N) is 1. The zero-order chi connectivity index (χ0) is 11.4. The fourth-order valence-corrected chi connectivity index (χ4v) is 1.96. The van der Waals surface area contributed by atoms with Gasteiger partial charge in [0.05, 0.1) is 5.92 Å². The maximum Gasteiger partial charge on any atom is 0.307 e. The number of benzene rings is 1. The molecular formula is C10H12FNO2S. The summed E-state index contributed by atoms with van der Waals surface area (Å²) in [6.45, 7) is 1.61. The molecule has 0 bridgehead atoms. The van der Waals surface area contributed by atoms with Crippen molar-refractivity contribution in [2.45, 2.75) is 11.8 Å². The number of thioether (sulfide) groups is 1. The van der Waals surface area contributed by atoms with E-state index in [1.807, 2.05) is 0 Å². The van der Waals surface area contributed by atoms with Crippen LogP contribution in [0.4, 0.5) is 10.1 Å². The van der Waals surface area contributed by atoms with Crippen LogP contribution in [0, 0.1) is 11.7 Å². The molecule has 1 aromatic rings. The van der Waals surface area contributed by atoms with E-state index in [-0.39, 0.29) is 0 Å². The highest BCUT2D eigenvalue weighted by molar-refractivity contribution is 7.99. The van der Waals surface area contributed by atoms with Crippen LogP contribution in [-0.2, 0) is 4.79 Å². The standard InChI is InChI=1S/C10H12FNO2S/c1-6(10(13)14)5-15-9-3-7(11)2-8(12)4-9/h2-4,6H,5,12H2,1H3,(H,13,14). The number of carbonyl (C=O) groups is 1. The third-order valence-corrected chi connectivity index (χ3v) is 3.05. The minimum Gasteiger partial charge on any atom is -0.481 e. The molecule has 0 saturated carbocycles. The summed E-state index contributed by atoms with van der Waals surface area (Å²) in [5, 5.41) is 8.66. The van der Waals surface area contributed by atoms with Crippen LogP contribution in [0.3, 0.4) is 0 Å². The Bertz CT molecular complexity index is 350. The maximum atomic E-state index is 12.9. The zero-order valence-electron chi connectivity index (χ0n) is 8.24. The molecule has 1 aromatic carbocycles. The lowest BCUT2D eigenvalue weighted by Crippen LogP contribution is -2.11. The van der Waals surface area contributed by atoms with Crippen LogP contribution in [0.5, 0.6) is 0 Å². The fraction of sp³-hybridized carbons (Fsp3) is 0.300. The van der Waals surface area contributed by atoms with Crippen LogP contribution in [0.1, 0.15) is 6.92 Å². The van der Waals surface area contributed by atoms with Crippen molar-refractivity contribution in [1.29, 1.82) is 0 Å². The Morgan fingerprint density at radius 1 is 1.60 bits per heavy atom. The number of hydrogen-bond acceptors (Lipinski definition) is 3. The normalized spacial score (nSPS) is 12.4. The quantitative estimate of drug-likeness (QED) is 0.614. The summed E-state index contributed by atoms with van der Waals surface area (Å²) in [6, 6.07) is 4.20. The van der Waals surface area contributed by atoms with Gasteiger partial charge in [-0.2, -0.15) is 0 Å². The molecule has 0 aromatic heterocycles. The molecule has 0 aliphatic rings. The van der Waals surface area contributed by atoms with Gasteiger partial charge in [0.15, 0.2) is 0 Å². The third-order valence-electron chi connectivity index (χ3n) is 1.82. The summed E-state index contributed by atoms with van der Waals surface area (Å²) in [5.74, 6) is -1.31. The van der Waals surface area contributed by atoms with Gasteiger partial charge in [0.2, 0.25) is 0 Å². The number of rotatable bonds is 4. The minimum atomic E-state index is -0.855. The molecule has 1 unspecified atom stereocenters. The summed E-state index contributed by atoms with van der Waals surface area (Å²) in [7, 11) is 0. The molecule has 1 rings (SSSR count). The van der Waals surface area contributed by atoms with Gasteiger partial charge in [-0.1, -0.05) is 6.92 Å². The van der Waals surface area contributed by atoms with Gasteiger partial charge in [-0.15, -0.1) is 11.8 Å². The van der Waals surface area contributed by atoms with Crippen LogP contribution in [-0.4, -0.2) is 16.8 Å². The first-order chi connectivity index (χ1) is 6.99. The number of anilines is 1. The Morgan fingerprint density at radius 3 is 2.80 bits per heavy atom. The van der Waals surface area contributed by atoms with Crippen molar-refractivity contribution in [2.24, 2.45) is 5.92 Å². The second-order valence-corrected chi connectivity index (χ2v) is 4.36. The molecule has 0 saturated heterocycles. The first-order valence-electron chi connectivity index (χ1n) is 4.40. The summed E-state index contributed by atoms with van der Waals surface area (Å²) in [4.78, 5) is 11.2. The monoisotopic (exact) mass is 229 g/mol. The lowest BCUT2D eigenvalue weighted by Gasteiger charge is -2.06. The zero-order valence-corrected chi connectivity index (χ0v) is 9.05. The minimum absolute atomic E-state index is 0.348. The van der Waals surface area contributed by atoms with Gasteiger partial charge in [0.1, 0.15) is 5.82 Å². The van der Waals surface area contributed by atoms with E-state index in [2.05, 4.69) is 0 Å². The van der Waals surface area contributed by atoms with Crippen molar-refractivity contribution in [3.05, 3.63) is 24.0 Å². The van der Waals surface area contributed by atoms with Crippen LogP contribution in [0.2, 0.25) is 0 Å². The van der Waals surface area contributed by atoms with Crippen molar-refractivity contribution in [3.63, 3.8) is 0 Å². The SMILES string of the molecule is CC(CSc1cc(N)cc(F)c1)C(=O)O. The fourth-order valence-electron chi connectivity index (χ4n) is 0.960. The highest BCUT2D eigenvalue weighted by atomic mass is 32.2. The van der Waals surface area contributed by atoms with Gasteiger partial charge in [-0.05, 0) is 18.2 Å². The second-order valence-electron chi connectivity index (χ2n) is 3.27. The van der Waals surface area contributed by atoms with Crippen LogP contribution in [0.15, 0.2) is 23.1 Å². The molecule has 1 atom stereocenters. The first-order valence-corrected chi connectivity index (χ1v) is 5.39. The van der Waals surface area contributed by atoms with E-state index in [0.717, 1.165) is 0 Å². The molecule has 0 heterocycles. The second kappa shape index (κ2) is 5.02. The molecule has 3 nitrogen and oxygen atoms in total. The predicted molar refractivity (Wildman–Crippen MR) is 58.3 cm³/mol. The van der Waals surface area contributed by atoms with Crippen molar-refractivity contribution in [1.82, 2.24) is 0 Å². The van der Waals surface area contributed by atoms with E-state index in [9.17, 15) is 9.18 Å². The van der Waals surface area contributed by atoms with Crippen LogP contribution in [0.25, 0.3) is 0 Å². The van der Waals surface area contributed by atoms with Gasteiger partial charge < -0.3 is 10.8 Å². The van der Waals surface area contributed by atoms with E-state index in [1.54, 1.807) is 13.0 Å². The Kier molecular flexibility index (Phi) is 3.96. The Balaban J connectivity index is 2.61. The van der Waals surface area contributed by atoms with Crippen LogP contribution < -0.4 is 5.73 Å². The number of carboxylic acid groups (broad SMARTS) is 1. The molecule has 3 N–H and O–H groups in total. The van der Waals surface area contributed by atoms with Gasteiger partial charge in [0.25, 0.3) is 0 Å². The summed E-state index contributed by atoms with van der Waals surface area (Å²) >= 11 is 1.28.